The Hall–Kier alpha value is -0.820. The van der Waals surface area contributed by atoms with Gasteiger partial charge in [-0.25, -0.2) is 0 Å². The minimum absolute atomic E-state index is 0.664. The maximum atomic E-state index is 5.30. The molecule has 0 saturated carbocycles. The van der Waals surface area contributed by atoms with Crippen molar-refractivity contribution in [2.45, 2.75) is 26.2 Å². The minimum Gasteiger partial charge on any atom is -0.373 e. The van der Waals surface area contributed by atoms with Crippen molar-refractivity contribution in [1.82, 2.24) is 0 Å². The smallest absolute Gasteiger partial charge is 0.0675 e. The fourth-order valence-electron chi connectivity index (χ4n) is 0.867. The Morgan fingerprint density at radius 1 is 1.31 bits per heavy atom. The fourth-order valence-corrected chi connectivity index (χ4v) is 0.867. The summed E-state index contributed by atoms with van der Waals surface area (Å²) in [6, 6.07) is 0. The lowest BCUT2D eigenvalue weighted by Crippen LogP contribution is -1.93. The monoisotopic (exact) mass is 180 g/mol. The van der Waals surface area contributed by atoms with E-state index in [-0.39, 0.29) is 0 Å². The van der Waals surface area contributed by atoms with E-state index in [2.05, 4.69) is 25.3 Å². The standard InChI is InChI=1S/C12H20O/c1-4-5-6-7-8-9-10-13-11-12(2)3/h4,8-9H,1-2,5-7,10-11H2,3H3. The van der Waals surface area contributed by atoms with Gasteiger partial charge in [-0.1, -0.05) is 30.4 Å². The average Bonchev–Trinajstić information content (AvgIpc) is 2.09. The van der Waals surface area contributed by atoms with Crippen LogP contribution in [0.4, 0.5) is 0 Å². The largest absolute Gasteiger partial charge is 0.373 e. The van der Waals surface area contributed by atoms with Crippen molar-refractivity contribution < 1.29 is 4.74 Å². The Bertz CT molecular complexity index is 168. The highest BCUT2D eigenvalue weighted by Crippen LogP contribution is 1.96. The third kappa shape index (κ3) is 11.2. The molecule has 0 aromatic carbocycles. The molecule has 0 radical (unpaired) electrons. The van der Waals surface area contributed by atoms with E-state index >= 15 is 0 Å². The SMILES string of the molecule is C=CCCCC=CCOCC(=C)C. The van der Waals surface area contributed by atoms with Crippen LogP contribution in [-0.2, 0) is 4.74 Å². The molecule has 0 aromatic heterocycles. The van der Waals surface area contributed by atoms with E-state index in [4.69, 9.17) is 4.74 Å². The summed E-state index contributed by atoms with van der Waals surface area (Å²) >= 11 is 0. The predicted octanol–water partition coefficient (Wildman–Crippen LogP) is 3.49. The molecule has 1 heteroatoms. The van der Waals surface area contributed by atoms with Crippen LogP contribution in [0.5, 0.6) is 0 Å². The zero-order chi connectivity index (χ0) is 9.94. The number of ether oxygens (including phenoxy) is 1. The Morgan fingerprint density at radius 3 is 2.69 bits per heavy atom. The lowest BCUT2D eigenvalue weighted by atomic mass is 10.2. The van der Waals surface area contributed by atoms with Crippen molar-refractivity contribution in [2.75, 3.05) is 13.2 Å². The quantitative estimate of drug-likeness (QED) is 0.410. The van der Waals surface area contributed by atoms with Crippen LogP contribution < -0.4 is 0 Å². The molecule has 0 spiro atoms. The molecule has 13 heavy (non-hydrogen) atoms. The number of hydrogen-bond acceptors (Lipinski definition) is 1. The van der Waals surface area contributed by atoms with Crippen molar-refractivity contribution in [3.05, 3.63) is 37.0 Å². The number of hydrogen-bond donors (Lipinski definition) is 0. The maximum absolute atomic E-state index is 5.30. The molecule has 0 saturated heterocycles. The predicted molar refractivity (Wildman–Crippen MR) is 58.8 cm³/mol. The van der Waals surface area contributed by atoms with Crippen LogP contribution in [0.1, 0.15) is 26.2 Å². The molecule has 1 nitrogen and oxygen atoms in total. The first-order valence-corrected chi connectivity index (χ1v) is 4.75. The number of unbranched alkanes of at least 4 members (excludes halogenated alkanes) is 2. The summed E-state index contributed by atoms with van der Waals surface area (Å²) in [5.41, 5.74) is 1.07. The molecule has 74 valence electrons. The topological polar surface area (TPSA) is 9.23 Å². The van der Waals surface area contributed by atoms with Gasteiger partial charge in [0, 0.05) is 0 Å². The fraction of sp³-hybridized carbons (Fsp3) is 0.500. The van der Waals surface area contributed by atoms with Gasteiger partial charge in [-0.05, 0) is 26.2 Å². The minimum atomic E-state index is 0.664. The molecular weight excluding hydrogens is 160 g/mol. The third-order valence-corrected chi connectivity index (χ3v) is 1.51. The molecule has 0 aromatic rings. The third-order valence-electron chi connectivity index (χ3n) is 1.51. The van der Waals surface area contributed by atoms with Crippen molar-refractivity contribution in [1.29, 1.82) is 0 Å². The Kier molecular flexibility index (Phi) is 8.68. The van der Waals surface area contributed by atoms with Crippen molar-refractivity contribution in [3.63, 3.8) is 0 Å². The van der Waals surface area contributed by atoms with Crippen LogP contribution in [0, 0.1) is 0 Å². The van der Waals surface area contributed by atoms with E-state index in [1.165, 1.54) is 6.42 Å². The van der Waals surface area contributed by atoms with Gasteiger partial charge >= 0.3 is 0 Å². The van der Waals surface area contributed by atoms with E-state index in [1.807, 2.05) is 13.0 Å². The molecule has 0 rings (SSSR count). The van der Waals surface area contributed by atoms with E-state index in [0.29, 0.717) is 13.2 Å². The van der Waals surface area contributed by atoms with Gasteiger partial charge in [-0.3, -0.25) is 0 Å². The molecule has 0 unspecified atom stereocenters. The summed E-state index contributed by atoms with van der Waals surface area (Å²) in [4.78, 5) is 0. The molecule has 0 atom stereocenters. The van der Waals surface area contributed by atoms with E-state index in [9.17, 15) is 0 Å². The lowest BCUT2D eigenvalue weighted by Gasteiger charge is -1.98. The molecule has 0 heterocycles. The molecule has 0 amide bonds. The molecule has 0 bridgehead atoms. The van der Waals surface area contributed by atoms with Gasteiger partial charge in [0.1, 0.15) is 0 Å². The highest BCUT2D eigenvalue weighted by Gasteiger charge is 1.83. The van der Waals surface area contributed by atoms with E-state index in [0.717, 1.165) is 18.4 Å². The first kappa shape index (κ1) is 12.2. The summed E-state index contributed by atoms with van der Waals surface area (Å²) < 4.78 is 5.30. The highest BCUT2D eigenvalue weighted by atomic mass is 16.5. The normalized spacial score (nSPS) is 10.5. The Balaban J connectivity index is 3.12. The Labute approximate surface area is 81.8 Å². The molecule has 0 N–H and O–H groups in total. The van der Waals surface area contributed by atoms with Crippen LogP contribution >= 0.6 is 0 Å². The van der Waals surface area contributed by atoms with Gasteiger partial charge in [0.15, 0.2) is 0 Å². The van der Waals surface area contributed by atoms with Gasteiger partial charge in [0.25, 0.3) is 0 Å². The number of rotatable bonds is 8. The second-order valence-electron chi connectivity index (χ2n) is 3.16. The van der Waals surface area contributed by atoms with Gasteiger partial charge < -0.3 is 4.74 Å². The second kappa shape index (κ2) is 9.27. The summed E-state index contributed by atoms with van der Waals surface area (Å²) in [6.07, 6.45) is 9.55. The molecular formula is C12H20O. The van der Waals surface area contributed by atoms with Crippen molar-refractivity contribution in [3.8, 4) is 0 Å². The average molecular weight is 180 g/mol. The Morgan fingerprint density at radius 2 is 2.08 bits per heavy atom. The summed E-state index contributed by atoms with van der Waals surface area (Å²) in [7, 11) is 0. The molecule has 0 fully saturated rings. The second-order valence-corrected chi connectivity index (χ2v) is 3.16. The van der Waals surface area contributed by atoms with Gasteiger partial charge in [0.05, 0.1) is 13.2 Å². The van der Waals surface area contributed by atoms with Gasteiger partial charge in [0.2, 0.25) is 0 Å². The number of allylic oxidation sites excluding steroid dienone is 2. The maximum Gasteiger partial charge on any atom is 0.0675 e. The summed E-state index contributed by atoms with van der Waals surface area (Å²) in [6.45, 7) is 10.7. The summed E-state index contributed by atoms with van der Waals surface area (Å²) in [5, 5.41) is 0. The first-order chi connectivity index (χ1) is 6.27. The van der Waals surface area contributed by atoms with Gasteiger partial charge in [-0.15, -0.1) is 6.58 Å². The molecule has 0 aliphatic carbocycles. The first-order valence-electron chi connectivity index (χ1n) is 4.75. The van der Waals surface area contributed by atoms with Crippen LogP contribution in [0.25, 0.3) is 0 Å². The van der Waals surface area contributed by atoms with Crippen LogP contribution in [0.15, 0.2) is 37.0 Å². The van der Waals surface area contributed by atoms with Crippen molar-refractivity contribution in [2.24, 2.45) is 0 Å². The van der Waals surface area contributed by atoms with Crippen LogP contribution in [-0.4, -0.2) is 13.2 Å². The zero-order valence-electron chi connectivity index (χ0n) is 8.59. The van der Waals surface area contributed by atoms with Crippen LogP contribution in [0.3, 0.4) is 0 Å². The van der Waals surface area contributed by atoms with E-state index < -0.39 is 0 Å². The lowest BCUT2D eigenvalue weighted by molar-refractivity contribution is 0.187. The highest BCUT2D eigenvalue weighted by molar-refractivity contribution is 4.88. The van der Waals surface area contributed by atoms with Crippen molar-refractivity contribution >= 4 is 0 Å². The molecule has 0 aliphatic rings. The summed E-state index contributed by atoms with van der Waals surface area (Å²) in [5.74, 6) is 0. The zero-order valence-corrected chi connectivity index (χ0v) is 8.59. The molecule has 0 aliphatic heterocycles. The van der Waals surface area contributed by atoms with Crippen LogP contribution in [0.2, 0.25) is 0 Å². The van der Waals surface area contributed by atoms with Gasteiger partial charge in [-0.2, -0.15) is 0 Å². The van der Waals surface area contributed by atoms with E-state index in [1.54, 1.807) is 0 Å².